The van der Waals surface area contributed by atoms with Crippen molar-refractivity contribution in [1.82, 2.24) is 10.2 Å². The Kier molecular flexibility index (Phi) is 7.63. The maximum absolute atomic E-state index is 8.36. The van der Waals surface area contributed by atoms with Crippen molar-refractivity contribution in [2.45, 2.75) is 25.8 Å². The first-order valence-corrected chi connectivity index (χ1v) is 4.74. The monoisotopic (exact) mass is 188 g/mol. The van der Waals surface area contributed by atoms with Gasteiger partial charge in [-0.1, -0.05) is 6.92 Å². The second-order valence-electron chi connectivity index (χ2n) is 3.24. The first kappa shape index (κ1) is 12.4. The molecular formula is C9H20N2O2. The van der Waals surface area contributed by atoms with Gasteiger partial charge in [0.25, 0.3) is 6.47 Å². The highest BCUT2D eigenvalue weighted by molar-refractivity contribution is 5.32. The molecule has 0 aromatic rings. The molecule has 0 unspecified atom stereocenters. The van der Waals surface area contributed by atoms with E-state index in [-0.39, 0.29) is 6.47 Å². The molecule has 1 rings (SSSR count). The molecule has 1 saturated heterocycles. The van der Waals surface area contributed by atoms with Crippen molar-refractivity contribution in [3.8, 4) is 0 Å². The zero-order chi connectivity index (χ0) is 10.1. The number of carbonyl (C=O) groups is 1. The summed E-state index contributed by atoms with van der Waals surface area (Å²) in [5.74, 6) is 0. The van der Waals surface area contributed by atoms with Gasteiger partial charge in [-0.3, -0.25) is 4.79 Å². The smallest absolute Gasteiger partial charge is 0.290 e. The Bertz CT molecular complexity index is 123. The molecule has 0 spiro atoms. The fourth-order valence-corrected chi connectivity index (χ4v) is 1.50. The van der Waals surface area contributed by atoms with E-state index in [0.717, 1.165) is 12.6 Å². The minimum absolute atomic E-state index is 0.250. The number of nitrogens with zero attached hydrogens (tertiary/aromatic N) is 1. The zero-order valence-corrected chi connectivity index (χ0v) is 8.49. The van der Waals surface area contributed by atoms with Crippen molar-refractivity contribution in [3.63, 3.8) is 0 Å². The molecule has 0 aromatic carbocycles. The fraction of sp³-hybridized carbons (Fsp3) is 0.889. The van der Waals surface area contributed by atoms with Gasteiger partial charge in [0.2, 0.25) is 0 Å². The largest absolute Gasteiger partial charge is 0.483 e. The van der Waals surface area contributed by atoms with E-state index in [1.807, 2.05) is 0 Å². The molecule has 0 aromatic heterocycles. The molecule has 4 nitrogen and oxygen atoms in total. The van der Waals surface area contributed by atoms with E-state index in [4.69, 9.17) is 9.90 Å². The van der Waals surface area contributed by atoms with Crippen LogP contribution in [0.25, 0.3) is 0 Å². The molecule has 1 heterocycles. The van der Waals surface area contributed by atoms with Gasteiger partial charge in [0.05, 0.1) is 0 Å². The van der Waals surface area contributed by atoms with Crippen LogP contribution in [0.15, 0.2) is 0 Å². The van der Waals surface area contributed by atoms with Crippen molar-refractivity contribution in [1.29, 1.82) is 0 Å². The van der Waals surface area contributed by atoms with E-state index in [0.29, 0.717) is 0 Å². The number of hydrogen-bond donors (Lipinski definition) is 2. The van der Waals surface area contributed by atoms with Crippen LogP contribution in [0.4, 0.5) is 0 Å². The molecule has 0 radical (unpaired) electrons. The third kappa shape index (κ3) is 6.54. The lowest BCUT2D eigenvalue weighted by Crippen LogP contribution is -2.40. The molecule has 1 fully saturated rings. The Morgan fingerprint density at radius 1 is 1.54 bits per heavy atom. The molecule has 0 atom stereocenters. The predicted octanol–water partition coefficient (Wildman–Crippen LogP) is 0.391. The van der Waals surface area contributed by atoms with Crippen LogP contribution in [0.5, 0.6) is 0 Å². The third-order valence-electron chi connectivity index (χ3n) is 2.21. The van der Waals surface area contributed by atoms with Crippen molar-refractivity contribution < 1.29 is 9.90 Å². The van der Waals surface area contributed by atoms with Crippen molar-refractivity contribution in [2.75, 3.05) is 26.7 Å². The van der Waals surface area contributed by atoms with E-state index < -0.39 is 0 Å². The van der Waals surface area contributed by atoms with Gasteiger partial charge in [0.1, 0.15) is 0 Å². The molecule has 4 heteroatoms. The SMILES string of the molecule is CCNC1CCN(C)CC1.O=CO. The molecule has 1 aliphatic rings. The summed E-state index contributed by atoms with van der Waals surface area (Å²) < 4.78 is 0. The van der Waals surface area contributed by atoms with Crippen LogP contribution in [0, 0.1) is 0 Å². The predicted molar refractivity (Wildman–Crippen MR) is 52.9 cm³/mol. The second kappa shape index (κ2) is 8.01. The Morgan fingerprint density at radius 3 is 2.38 bits per heavy atom. The number of rotatable bonds is 2. The average Bonchev–Trinajstić information content (AvgIpc) is 2.11. The van der Waals surface area contributed by atoms with Gasteiger partial charge < -0.3 is 15.3 Å². The van der Waals surface area contributed by atoms with Gasteiger partial charge in [-0.2, -0.15) is 0 Å². The van der Waals surface area contributed by atoms with Crippen LogP contribution in [-0.2, 0) is 4.79 Å². The molecular weight excluding hydrogens is 168 g/mol. The normalized spacial score (nSPS) is 18.9. The first-order chi connectivity index (χ1) is 6.24. The lowest BCUT2D eigenvalue weighted by atomic mass is 10.1. The molecule has 0 saturated carbocycles. The maximum atomic E-state index is 8.36. The van der Waals surface area contributed by atoms with Crippen LogP contribution in [0.3, 0.4) is 0 Å². The Hall–Kier alpha value is -0.610. The lowest BCUT2D eigenvalue weighted by Gasteiger charge is -2.29. The lowest BCUT2D eigenvalue weighted by molar-refractivity contribution is -0.122. The highest BCUT2D eigenvalue weighted by Crippen LogP contribution is 2.07. The van der Waals surface area contributed by atoms with Gasteiger partial charge in [-0.05, 0) is 39.5 Å². The molecule has 0 bridgehead atoms. The van der Waals surface area contributed by atoms with Crippen molar-refractivity contribution in [2.24, 2.45) is 0 Å². The minimum atomic E-state index is -0.250. The summed E-state index contributed by atoms with van der Waals surface area (Å²) in [6.45, 7) is 5.57. The van der Waals surface area contributed by atoms with Crippen LogP contribution < -0.4 is 5.32 Å². The highest BCUT2D eigenvalue weighted by atomic mass is 16.3. The average molecular weight is 188 g/mol. The quantitative estimate of drug-likeness (QED) is 0.616. The summed E-state index contributed by atoms with van der Waals surface area (Å²) in [6.07, 6.45) is 2.65. The standard InChI is InChI=1S/C8H18N2.CH2O2/c1-3-9-8-4-6-10(2)7-5-8;2-1-3/h8-9H,3-7H2,1-2H3;1H,(H,2,3). The zero-order valence-electron chi connectivity index (χ0n) is 8.49. The maximum Gasteiger partial charge on any atom is 0.290 e. The van der Waals surface area contributed by atoms with Crippen LogP contribution >= 0.6 is 0 Å². The van der Waals surface area contributed by atoms with Crippen molar-refractivity contribution >= 4 is 6.47 Å². The van der Waals surface area contributed by atoms with Gasteiger partial charge >= 0.3 is 0 Å². The molecule has 0 amide bonds. The number of likely N-dealkylation sites (tertiary alicyclic amines) is 1. The molecule has 1 aliphatic heterocycles. The van der Waals surface area contributed by atoms with Gasteiger partial charge in [0, 0.05) is 6.04 Å². The molecule has 78 valence electrons. The van der Waals surface area contributed by atoms with E-state index in [9.17, 15) is 0 Å². The van der Waals surface area contributed by atoms with Gasteiger partial charge in [-0.15, -0.1) is 0 Å². The Labute approximate surface area is 79.9 Å². The van der Waals surface area contributed by atoms with E-state index in [1.165, 1.54) is 25.9 Å². The highest BCUT2D eigenvalue weighted by Gasteiger charge is 2.14. The van der Waals surface area contributed by atoms with Crippen LogP contribution in [0.2, 0.25) is 0 Å². The summed E-state index contributed by atoms with van der Waals surface area (Å²) in [4.78, 5) is 10.8. The molecule has 0 aliphatic carbocycles. The summed E-state index contributed by atoms with van der Waals surface area (Å²) >= 11 is 0. The summed E-state index contributed by atoms with van der Waals surface area (Å²) in [6, 6.07) is 0.793. The van der Waals surface area contributed by atoms with Crippen LogP contribution in [-0.4, -0.2) is 49.2 Å². The van der Waals surface area contributed by atoms with Gasteiger partial charge in [0.15, 0.2) is 0 Å². The number of piperidine rings is 1. The van der Waals surface area contributed by atoms with E-state index >= 15 is 0 Å². The summed E-state index contributed by atoms with van der Waals surface area (Å²) in [5.41, 5.74) is 0. The molecule has 2 N–H and O–H groups in total. The Balaban J connectivity index is 0.000000424. The van der Waals surface area contributed by atoms with Crippen molar-refractivity contribution in [3.05, 3.63) is 0 Å². The number of carboxylic acid groups (broad SMARTS) is 1. The Morgan fingerprint density at radius 2 is 2.00 bits per heavy atom. The summed E-state index contributed by atoms with van der Waals surface area (Å²) in [5, 5.41) is 10.4. The second-order valence-corrected chi connectivity index (χ2v) is 3.24. The summed E-state index contributed by atoms with van der Waals surface area (Å²) in [7, 11) is 2.20. The fourth-order valence-electron chi connectivity index (χ4n) is 1.50. The van der Waals surface area contributed by atoms with Crippen LogP contribution in [0.1, 0.15) is 19.8 Å². The first-order valence-electron chi connectivity index (χ1n) is 4.74. The van der Waals surface area contributed by atoms with E-state index in [2.05, 4.69) is 24.2 Å². The number of hydrogen-bond acceptors (Lipinski definition) is 3. The third-order valence-corrected chi connectivity index (χ3v) is 2.21. The van der Waals surface area contributed by atoms with Gasteiger partial charge in [-0.25, -0.2) is 0 Å². The van der Waals surface area contributed by atoms with E-state index in [1.54, 1.807) is 0 Å². The number of nitrogens with one attached hydrogen (secondary N) is 1. The topological polar surface area (TPSA) is 52.6 Å². The minimum Gasteiger partial charge on any atom is -0.483 e. The molecule has 13 heavy (non-hydrogen) atoms.